The molecule has 60 valence electrons. The molecule has 0 spiro atoms. The predicted octanol–water partition coefficient (Wildman–Crippen LogP) is 2.01. The maximum absolute atomic E-state index is 5.72. The number of nitrogens with two attached hydrogens (primary N) is 1. The molecule has 0 radical (unpaired) electrons. The second kappa shape index (κ2) is 3.49. The molecule has 0 amide bonds. The minimum Gasteiger partial charge on any atom is -0.324 e. The van der Waals surface area contributed by atoms with Gasteiger partial charge in [0.2, 0.25) is 0 Å². The van der Waals surface area contributed by atoms with E-state index in [1.165, 1.54) is 5.56 Å². The largest absolute Gasteiger partial charge is 0.324 e. The molecule has 0 fully saturated rings. The number of aromatic nitrogens is 1. The first-order chi connectivity index (χ1) is 5.11. The number of halogens is 1. The maximum Gasteiger partial charge on any atom is 0.101 e. The number of rotatable bonds is 1. The third-order valence-corrected chi connectivity index (χ3v) is 2.20. The molecule has 11 heavy (non-hydrogen) atoms. The van der Waals surface area contributed by atoms with E-state index in [9.17, 15) is 0 Å². The molecule has 0 aliphatic heterocycles. The molecule has 0 saturated heterocycles. The van der Waals surface area contributed by atoms with Crippen molar-refractivity contribution in [3.8, 4) is 0 Å². The summed E-state index contributed by atoms with van der Waals surface area (Å²) < 4.78 is 1.02. The summed E-state index contributed by atoms with van der Waals surface area (Å²) in [6.07, 6.45) is 1.85. The average molecular weight is 262 g/mol. The lowest BCUT2D eigenvalue weighted by Crippen LogP contribution is -2.07. The highest BCUT2D eigenvalue weighted by Crippen LogP contribution is 2.15. The fourth-order valence-corrected chi connectivity index (χ4v) is 1.62. The van der Waals surface area contributed by atoms with Gasteiger partial charge >= 0.3 is 0 Å². The van der Waals surface area contributed by atoms with Gasteiger partial charge in [0, 0.05) is 12.2 Å². The minimum atomic E-state index is 0.0829. The summed E-state index contributed by atoms with van der Waals surface area (Å²) in [6, 6.07) is 2.12. The van der Waals surface area contributed by atoms with Crippen LogP contribution in [0.4, 0.5) is 0 Å². The van der Waals surface area contributed by atoms with Crippen LogP contribution < -0.4 is 5.73 Å². The zero-order chi connectivity index (χ0) is 8.43. The van der Waals surface area contributed by atoms with Crippen molar-refractivity contribution >= 4 is 22.6 Å². The van der Waals surface area contributed by atoms with Gasteiger partial charge < -0.3 is 5.73 Å². The molecule has 1 aromatic rings. The summed E-state index contributed by atoms with van der Waals surface area (Å²) >= 11 is 2.19. The zero-order valence-corrected chi connectivity index (χ0v) is 8.79. The topological polar surface area (TPSA) is 38.9 Å². The Hall–Kier alpha value is -0.160. The van der Waals surface area contributed by atoms with E-state index >= 15 is 0 Å². The van der Waals surface area contributed by atoms with E-state index in [4.69, 9.17) is 5.73 Å². The van der Waals surface area contributed by atoms with E-state index in [-0.39, 0.29) is 6.04 Å². The third kappa shape index (κ3) is 2.13. The number of hydrogen-bond acceptors (Lipinski definition) is 2. The van der Waals surface area contributed by atoms with Crippen LogP contribution in [0.5, 0.6) is 0 Å². The van der Waals surface area contributed by atoms with E-state index < -0.39 is 0 Å². The Morgan fingerprint density at radius 3 is 2.73 bits per heavy atom. The summed E-state index contributed by atoms with van der Waals surface area (Å²) in [5.41, 5.74) is 8.07. The molecule has 1 unspecified atom stereocenters. The molecule has 0 bridgehead atoms. The van der Waals surface area contributed by atoms with Crippen LogP contribution in [0.1, 0.15) is 24.1 Å². The Kier molecular flexibility index (Phi) is 2.84. The first-order valence-corrected chi connectivity index (χ1v) is 4.56. The lowest BCUT2D eigenvalue weighted by atomic mass is 10.1. The first-order valence-electron chi connectivity index (χ1n) is 3.49. The first kappa shape index (κ1) is 8.93. The van der Waals surface area contributed by atoms with Crippen LogP contribution in [-0.2, 0) is 0 Å². The normalized spacial score (nSPS) is 13.1. The van der Waals surface area contributed by atoms with Crippen molar-refractivity contribution in [2.24, 2.45) is 5.73 Å². The van der Waals surface area contributed by atoms with Crippen molar-refractivity contribution in [1.29, 1.82) is 0 Å². The monoisotopic (exact) mass is 262 g/mol. The van der Waals surface area contributed by atoms with Gasteiger partial charge in [0.1, 0.15) is 3.70 Å². The SMILES string of the molecule is Cc1cc(I)ncc1C(C)N. The fourth-order valence-electron chi connectivity index (χ4n) is 1.01. The van der Waals surface area contributed by atoms with Gasteiger partial charge in [-0.3, -0.25) is 0 Å². The van der Waals surface area contributed by atoms with Crippen LogP contribution in [0.3, 0.4) is 0 Å². The van der Waals surface area contributed by atoms with Crippen molar-refractivity contribution in [3.05, 3.63) is 27.1 Å². The minimum absolute atomic E-state index is 0.0829. The molecule has 0 aliphatic carbocycles. The van der Waals surface area contributed by atoms with Crippen LogP contribution in [0, 0.1) is 10.6 Å². The van der Waals surface area contributed by atoms with Crippen LogP contribution in [0.15, 0.2) is 12.3 Å². The van der Waals surface area contributed by atoms with Crippen molar-refractivity contribution in [2.75, 3.05) is 0 Å². The predicted molar refractivity (Wildman–Crippen MR) is 54.3 cm³/mol. The number of aryl methyl sites for hydroxylation is 1. The van der Waals surface area contributed by atoms with Crippen molar-refractivity contribution < 1.29 is 0 Å². The van der Waals surface area contributed by atoms with E-state index in [0.717, 1.165) is 9.26 Å². The van der Waals surface area contributed by atoms with E-state index in [1.54, 1.807) is 0 Å². The van der Waals surface area contributed by atoms with Gasteiger partial charge in [0.05, 0.1) is 0 Å². The molecule has 2 nitrogen and oxygen atoms in total. The summed E-state index contributed by atoms with van der Waals surface area (Å²) in [5.74, 6) is 0. The van der Waals surface area contributed by atoms with Gasteiger partial charge in [-0.05, 0) is 53.6 Å². The summed E-state index contributed by atoms with van der Waals surface area (Å²) in [7, 11) is 0. The summed E-state index contributed by atoms with van der Waals surface area (Å²) in [4.78, 5) is 4.17. The second-order valence-corrected chi connectivity index (χ2v) is 3.76. The van der Waals surface area contributed by atoms with Crippen LogP contribution in [0.2, 0.25) is 0 Å². The van der Waals surface area contributed by atoms with Gasteiger partial charge in [-0.25, -0.2) is 4.98 Å². The van der Waals surface area contributed by atoms with E-state index in [1.807, 2.05) is 19.2 Å². The number of nitrogens with zero attached hydrogens (tertiary/aromatic N) is 1. The van der Waals surface area contributed by atoms with Gasteiger partial charge in [-0.15, -0.1) is 0 Å². The lowest BCUT2D eigenvalue weighted by molar-refractivity contribution is 0.801. The van der Waals surface area contributed by atoms with E-state index in [0.29, 0.717) is 0 Å². The Labute approximate surface area is 80.3 Å². The molecule has 0 aliphatic rings. The zero-order valence-electron chi connectivity index (χ0n) is 6.63. The average Bonchev–Trinajstić information content (AvgIpc) is 1.85. The molecular weight excluding hydrogens is 251 g/mol. The Bertz CT molecular complexity index is 258. The van der Waals surface area contributed by atoms with Crippen LogP contribution in [-0.4, -0.2) is 4.98 Å². The number of pyridine rings is 1. The Morgan fingerprint density at radius 1 is 1.64 bits per heavy atom. The van der Waals surface area contributed by atoms with Crippen molar-refractivity contribution in [2.45, 2.75) is 19.9 Å². The second-order valence-electron chi connectivity index (χ2n) is 2.65. The highest BCUT2D eigenvalue weighted by Gasteiger charge is 2.03. The molecule has 2 N–H and O–H groups in total. The highest BCUT2D eigenvalue weighted by molar-refractivity contribution is 14.1. The quantitative estimate of drug-likeness (QED) is 0.621. The molecule has 1 aromatic heterocycles. The number of hydrogen-bond donors (Lipinski definition) is 1. The molecule has 1 rings (SSSR count). The van der Waals surface area contributed by atoms with Gasteiger partial charge in [0.25, 0.3) is 0 Å². The Morgan fingerprint density at radius 2 is 2.27 bits per heavy atom. The molecule has 3 heteroatoms. The van der Waals surface area contributed by atoms with Crippen molar-refractivity contribution in [3.63, 3.8) is 0 Å². The molecule has 1 heterocycles. The summed E-state index contributed by atoms with van der Waals surface area (Å²) in [5, 5.41) is 0. The molecular formula is C8H11IN2. The van der Waals surface area contributed by atoms with Crippen molar-refractivity contribution in [1.82, 2.24) is 4.98 Å². The van der Waals surface area contributed by atoms with E-state index in [2.05, 4.69) is 34.5 Å². The smallest absolute Gasteiger partial charge is 0.101 e. The molecule has 0 aromatic carbocycles. The fraction of sp³-hybridized carbons (Fsp3) is 0.375. The van der Waals surface area contributed by atoms with Crippen LogP contribution >= 0.6 is 22.6 Å². The standard InChI is InChI=1S/C8H11IN2/c1-5-3-8(9)11-4-7(5)6(2)10/h3-4,6H,10H2,1-2H3. The van der Waals surface area contributed by atoms with Crippen LogP contribution in [0.25, 0.3) is 0 Å². The summed E-state index contributed by atoms with van der Waals surface area (Å²) in [6.45, 7) is 4.03. The van der Waals surface area contributed by atoms with Gasteiger partial charge in [0.15, 0.2) is 0 Å². The molecule has 1 atom stereocenters. The molecule has 0 saturated carbocycles. The Balaban J connectivity index is 3.09. The van der Waals surface area contributed by atoms with Gasteiger partial charge in [-0.1, -0.05) is 0 Å². The third-order valence-electron chi connectivity index (χ3n) is 1.61. The van der Waals surface area contributed by atoms with Gasteiger partial charge in [-0.2, -0.15) is 0 Å². The highest BCUT2D eigenvalue weighted by atomic mass is 127. The lowest BCUT2D eigenvalue weighted by Gasteiger charge is -2.08. The maximum atomic E-state index is 5.72.